The molecular formula is C25H28ClN5O3. The highest BCUT2D eigenvalue weighted by Gasteiger charge is 2.28. The van der Waals surface area contributed by atoms with Gasteiger partial charge >= 0.3 is 5.97 Å². The summed E-state index contributed by atoms with van der Waals surface area (Å²) < 4.78 is 6.81. The molecule has 0 spiro atoms. The predicted octanol–water partition coefficient (Wildman–Crippen LogP) is 4.18. The molecule has 3 heterocycles. The van der Waals surface area contributed by atoms with E-state index in [9.17, 15) is 9.59 Å². The van der Waals surface area contributed by atoms with Crippen molar-refractivity contribution in [2.45, 2.75) is 26.7 Å². The second kappa shape index (κ2) is 10.3. The summed E-state index contributed by atoms with van der Waals surface area (Å²) >= 11 is 6.17. The lowest BCUT2D eigenvalue weighted by Crippen LogP contribution is -2.49. The molecule has 1 aliphatic heterocycles. The number of benzene rings is 1. The molecule has 0 N–H and O–H groups in total. The fraction of sp³-hybridized carbons (Fsp3) is 0.360. The summed E-state index contributed by atoms with van der Waals surface area (Å²) in [5, 5.41) is 5.14. The summed E-state index contributed by atoms with van der Waals surface area (Å²) in [6.45, 7) is 8.64. The molecule has 3 aromatic rings. The predicted molar refractivity (Wildman–Crippen MR) is 131 cm³/mol. The first kappa shape index (κ1) is 23.8. The van der Waals surface area contributed by atoms with Crippen molar-refractivity contribution in [1.29, 1.82) is 0 Å². The van der Waals surface area contributed by atoms with Gasteiger partial charge in [-0.2, -0.15) is 5.10 Å². The molecule has 0 radical (unpaired) electrons. The Hall–Kier alpha value is -3.39. The fourth-order valence-electron chi connectivity index (χ4n) is 4.11. The summed E-state index contributed by atoms with van der Waals surface area (Å²) in [6.07, 6.45) is 3.19. The van der Waals surface area contributed by atoms with Crippen molar-refractivity contribution >= 4 is 29.3 Å². The maximum absolute atomic E-state index is 13.4. The van der Waals surface area contributed by atoms with Gasteiger partial charge in [0.2, 0.25) is 0 Å². The van der Waals surface area contributed by atoms with E-state index in [4.69, 9.17) is 16.3 Å². The van der Waals surface area contributed by atoms with E-state index in [1.807, 2.05) is 35.2 Å². The molecule has 0 aliphatic carbocycles. The number of nitrogens with zero attached hydrogens (tertiary/aromatic N) is 5. The Labute approximate surface area is 204 Å². The van der Waals surface area contributed by atoms with Crippen molar-refractivity contribution in [3.63, 3.8) is 0 Å². The van der Waals surface area contributed by atoms with Gasteiger partial charge in [0.15, 0.2) is 0 Å². The van der Waals surface area contributed by atoms with E-state index in [2.05, 4.69) is 28.8 Å². The normalized spacial score (nSPS) is 13.9. The number of amides is 1. The van der Waals surface area contributed by atoms with Gasteiger partial charge in [-0.3, -0.25) is 4.79 Å². The van der Waals surface area contributed by atoms with Crippen LogP contribution in [0.15, 0.2) is 48.8 Å². The van der Waals surface area contributed by atoms with Crippen LogP contribution in [0.2, 0.25) is 5.02 Å². The molecule has 2 aromatic heterocycles. The smallest absolute Gasteiger partial charge is 0.339 e. The number of pyridine rings is 1. The molecule has 34 heavy (non-hydrogen) atoms. The number of rotatable bonds is 6. The average molecular weight is 482 g/mol. The Bertz CT molecular complexity index is 1170. The van der Waals surface area contributed by atoms with Gasteiger partial charge in [0.25, 0.3) is 5.91 Å². The van der Waals surface area contributed by atoms with Crippen molar-refractivity contribution in [2.24, 2.45) is 0 Å². The zero-order valence-electron chi connectivity index (χ0n) is 19.6. The molecular weight excluding hydrogens is 454 g/mol. The molecule has 1 aromatic carbocycles. The summed E-state index contributed by atoms with van der Waals surface area (Å²) in [4.78, 5) is 33.6. The molecule has 8 nitrogen and oxygen atoms in total. The van der Waals surface area contributed by atoms with Gasteiger partial charge in [-0.15, -0.1) is 0 Å². The van der Waals surface area contributed by atoms with Crippen LogP contribution in [0, 0.1) is 0 Å². The highest BCUT2D eigenvalue weighted by Crippen LogP contribution is 2.26. The summed E-state index contributed by atoms with van der Waals surface area (Å²) in [5.41, 5.74) is 2.74. The first-order valence-electron chi connectivity index (χ1n) is 11.4. The first-order valence-corrected chi connectivity index (χ1v) is 11.8. The quantitative estimate of drug-likeness (QED) is 0.491. The van der Waals surface area contributed by atoms with Crippen molar-refractivity contribution in [3.8, 4) is 5.69 Å². The fourth-order valence-corrected chi connectivity index (χ4v) is 4.29. The third-order valence-electron chi connectivity index (χ3n) is 5.79. The van der Waals surface area contributed by atoms with Gasteiger partial charge in [-0.05, 0) is 43.2 Å². The number of hydrogen-bond acceptors (Lipinski definition) is 6. The SMILES string of the molecule is CCOC(=O)c1ccc(N2CCN(C(=O)c3cnn(-c4cccc(Cl)c4)c3C(C)C)CC2)nc1. The van der Waals surface area contributed by atoms with Crippen LogP contribution in [0.1, 0.15) is 53.1 Å². The Morgan fingerprint density at radius 3 is 2.47 bits per heavy atom. The molecule has 1 aliphatic rings. The second-order valence-corrected chi connectivity index (χ2v) is 8.83. The molecule has 1 amide bonds. The zero-order chi connectivity index (χ0) is 24.2. The third kappa shape index (κ3) is 4.92. The average Bonchev–Trinajstić information content (AvgIpc) is 3.30. The number of piperazine rings is 1. The van der Waals surface area contributed by atoms with Gasteiger partial charge in [0, 0.05) is 37.4 Å². The number of anilines is 1. The number of aromatic nitrogens is 3. The molecule has 0 saturated carbocycles. The topological polar surface area (TPSA) is 80.6 Å². The summed E-state index contributed by atoms with van der Waals surface area (Å²) in [5.74, 6) is 0.471. The molecule has 0 atom stereocenters. The van der Waals surface area contributed by atoms with E-state index in [-0.39, 0.29) is 17.8 Å². The van der Waals surface area contributed by atoms with Crippen LogP contribution in [0.3, 0.4) is 0 Å². The highest BCUT2D eigenvalue weighted by atomic mass is 35.5. The molecule has 4 rings (SSSR count). The van der Waals surface area contributed by atoms with Crippen LogP contribution in [0.4, 0.5) is 5.82 Å². The van der Waals surface area contributed by atoms with E-state index >= 15 is 0 Å². The Balaban J connectivity index is 1.46. The minimum atomic E-state index is -0.378. The molecule has 9 heteroatoms. The van der Waals surface area contributed by atoms with Crippen LogP contribution in [-0.2, 0) is 4.74 Å². The molecule has 1 fully saturated rings. The van der Waals surface area contributed by atoms with Crippen molar-refractivity contribution < 1.29 is 14.3 Å². The van der Waals surface area contributed by atoms with Gasteiger partial charge in [0.1, 0.15) is 5.82 Å². The van der Waals surface area contributed by atoms with Crippen molar-refractivity contribution in [3.05, 3.63) is 70.6 Å². The van der Waals surface area contributed by atoms with Crippen LogP contribution in [0.25, 0.3) is 5.69 Å². The number of carbonyl (C=O) groups excluding carboxylic acids is 2. The lowest BCUT2D eigenvalue weighted by Gasteiger charge is -2.35. The van der Waals surface area contributed by atoms with Crippen LogP contribution in [0.5, 0.6) is 0 Å². The van der Waals surface area contributed by atoms with Gasteiger partial charge in [-0.1, -0.05) is 31.5 Å². The van der Waals surface area contributed by atoms with Crippen LogP contribution in [-0.4, -0.2) is 64.3 Å². The van der Waals surface area contributed by atoms with E-state index < -0.39 is 0 Å². The highest BCUT2D eigenvalue weighted by molar-refractivity contribution is 6.30. The van der Waals surface area contributed by atoms with Gasteiger partial charge < -0.3 is 14.5 Å². The van der Waals surface area contributed by atoms with E-state index in [0.29, 0.717) is 48.9 Å². The Morgan fingerprint density at radius 1 is 1.09 bits per heavy atom. The molecule has 178 valence electrons. The maximum atomic E-state index is 13.4. The summed E-state index contributed by atoms with van der Waals surface area (Å²) in [6, 6.07) is 11.0. The van der Waals surface area contributed by atoms with Gasteiger partial charge in [0.05, 0.1) is 35.3 Å². The minimum absolute atomic E-state index is 0.0257. The molecule has 0 bridgehead atoms. The number of halogens is 1. The monoisotopic (exact) mass is 481 g/mol. The lowest BCUT2D eigenvalue weighted by atomic mass is 10.0. The molecule has 1 saturated heterocycles. The van der Waals surface area contributed by atoms with E-state index in [1.165, 1.54) is 6.20 Å². The largest absolute Gasteiger partial charge is 0.462 e. The minimum Gasteiger partial charge on any atom is -0.462 e. The Kier molecular flexibility index (Phi) is 7.17. The van der Waals surface area contributed by atoms with Crippen molar-refractivity contribution in [2.75, 3.05) is 37.7 Å². The maximum Gasteiger partial charge on any atom is 0.339 e. The van der Waals surface area contributed by atoms with Crippen LogP contribution >= 0.6 is 11.6 Å². The van der Waals surface area contributed by atoms with Crippen LogP contribution < -0.4 is 4.90 Å². The summed E-state index contributed by atoms with van der Waals surface area (Å²) in [7, 11) is 0. The number of carbonyl (C=O) groups is 2. The van der Waals surface area contributed by atoms with Gasteiger partial charge in [-0.25, -0.2) is 14.5 Å². The van der Waals surface area contributed by atoms with Crippen molar-refractivity contribution in [1.82, 2.24) is 19.7 Å². The molecule has 0 unspecified atom stereocenters. The standard InChI is InChI=1S/C25H28ClN5O3/c1-4-34-25(33)18-8-9-22(27-15-18)29-10-12-30(13-11-29)24(32)21-16-28-31(23(21)17(2)3)20-7-5-6-19(26)14-20/h5-9,14-17H,4,10-13H2,1-3H3. The Morgan fingerprint density at radius 2 is 1.85 bits per heavy atom. The zero-order valence-corrected chi connectivity index (χ0v) is 20.3. The number of hydrogen-bond donors (Lipinski definition) is 0. The second-order valence-electron chi connectivity index (χ2n) is 8.39. The third-order valence-corrected chi connectivity index (χ3v) is 6.02. The number of ether oxygens (including phenoxy) is 1. The first-order chi connectivity index (χ1) is 16.4. The number of esters is 1. The van der Waals surface area contributed by atoms with E-state index in [1.54, 1.807) is 23.9 Å². The van der Waals surface area contributed by atoms with E-state index in [0.717, 1.165) is 17.2 Å². The lowest BCUT2D eigenvalue weighted by molar-refractivity contribution is 0.0525.